The molecule has 7 bridgehead atoms. The number of likely N-dealkylation sites (N-methyl/N-ethyl adjacent to an activating group) is 1. The van der Waals surface area contributed by atoms with Crippen LogP contribution < -0.4 is 0 Å². The topological polar surface area (TPSA) is 113 Å². The molecule has 13 atom stereocenters. The van der Waals surface area contributed by atoms with Crippen molar-refractivity contribution >= 4 is 11.9 Å². The molecule has 7 aliphatic rings. The third-order valence-corrected chi connectivity index (χ3v) is 12.0. The van der Waals surface area contributed by atoms with Crippen molar-refractivity contribution in [2.24, 2.45) is 34.5 Å². The molecule has 0 aromatic heterocycles. The van der Waals surface area contributed by atoms with E-state index in [2.05, 4.69) is 0 Å². The van der Waals surface area contributed by atoms with Gasteiger partial charge in [0, 0.05) is 64.6 Å². The van der Waals surface area contributed by atoms with Crippen molar-refractivity contribution in [2.45, 2.75) is 74.3 Å². The molecular weight excluding hydrogens is 470 g/mol. The number of carbonyl (C=O) groups is 2. The van der Waals surface area contributed by atoms with E-state index in [1.54, 1.807) is 33.3 Å². The smallest absolute Gasteiger partial charge is 0.319 e. The van der Waals surface area contributed by atoms with Crippen LogP contribution in [0.15, 0.2) is 0 Å². The van der Waals surface area contributed by atoms with Crippen LogP contribution in [0.5, 0.6) is 0 Å². The van der Waals surface area contributed by atoms with Crippen LogP contribution >= 0.6 is 0 Å². The van der Waals surface area contributed by atoms with Crippen LogP contribution in [0.25, 0.3) is 0 Å². The second-order valence-corrected chi connectivity index (χ2v) is 12.0. The number of carboxylic acids is 1. The highest BCUT2D eigenvalue weighted by Gasteiger charge is 2.96. The lowest BCUT2D eigenvalue weighted by molar-refractivity contribution is -0.276. The first-order valence-corrected chi connectivity index (χ1v) is 13.3. The van der Waals surface area contributed by atoms with Gasteiger partial charge in [0.05, 0.1) is 30.5 Å². The molecule has 1 amide bonds. The van der Waals surface area contributed by atoms with Crippen molar-refractivity contribution in [1.82, 2.24) is 4.90 Å². The standard InChI is InChI=1S/C26H37NO9/c1-6-27-20-25-13-9-12-14(31-2)10-24(16(13)17(12)33-4)26(20,36-11-35-24)19(34-5)18(25)23(21(27)28,22(29)30)8-7-15(25)32-3/h12-20H,6-11H2,1-5H3,(H,29,30)/t12-,13-,14+,15+,16-,17+,18-,19+,20?,23+,24-,25+,26-/m1/s1. The second kappa shape index (κ2) is 7.21. The van der Waals surface area contributed by atoms with Gasteiger partial charge in [-0.05, 0) is 32.1 Å². The maximum absolute atomic E-state index is 14.3. The van der Waals surface area contributed by atoms with Gasteiger partial charge in [0.15, 0.2) is 5.41 Å². The SMILES string of the molecule is CCN1C(=O)[C@]2(C(=O)O)CC[C@H](OC)[C@@]34C1[C@]1(OCO[C@@]15C[C@H](OC)[C@H]1C[C@@H]3[C@@H]5[C@H]1OC)[C@@H](OC)[C@H]24. The van der Waals surface area contributed by atoms with E-state index in [0.29, 0.717) is 19.4 Å². The Bertz CT molecular complexity index is 1010. The molecule has 7 fully saturated rings. The molecule has 5 saturated carbocycles. The van der Waals surface area contributed by atoms with E-state index in [-0.39, 0.29) is 55.2 Å². The molecule has 0 aromatic carbocycles. The summed E-state index contributed by atoms with van der Waals surface area (Å²) in [5, 5.41) is 10.9. The summed E-state index contributed by atoms with van der Waals surface area (Å²) in [5.41, 5.74) is -4.16. The number of hydrogen-bond acceptors (Lipinski definition) is 8. The molecule has 7 rings (SSSR count). The Morgan fingerprint density at radius 3 is 2.53 bits per heavy atom. The molecule has 36 heavy (non-hydrogen) atoms. The highest BCUT2D eigenvalue weighted by molar-refractivity contribution is 6.04. The number of carbonyl (C=O) groups excluding carboxylic acids is 1. The Kier molecular flexibility index (Phi) is 4.76. The lowest BCUT2D eigenvalue weighted by atomic mass is 9.42. The van der Waals surface area contributed by atoms with E-state index in [0.717, 1.165) is 6.42 Å². The van der Waals surface area contributed by atoms with Gasteiger partial charge in [-0.15, -0.1) is 0 Å². The van der Waals surface area contributed by atoms with Crippen molar-refractivity contribution in [3.05, 3.63) is 0 Å². The number of rotatable bonds is 6. The van der Waals surface area contributed by atoms with Crippen LogP contribution in [0.1, 0.15) is 32.6 Å². The first-order valence-electron chi connectivity index (χ1n) is 13.3. The summed E-state index contributed by atoms with van der Waals surface area (Å²) in [7, 11) is 6.82. The molecule has 1 N–H and O–H groups in total. The number of likely N-dealkylation sites (tertiary alicyclic amines) is 1. The number of piperidine rings is 1. The van der Waals surface area contributed by atoms with Gasteiger partial charge in [0.25, 0.3) is 0 Å². The van der Waals surface area contributed by atoms with Crippen molar-refractivity contribution < 1.29 is 43.1 Å². The third-order valence-electron chi connectivity index (χ3n) is 12.0. The number of hydrogen-bond donors (Lipinski definition) is 1. The second-order valence-electron chi connectivity index (χ2n) is 12.0. The number of fused-ring (bicyclic) bond motifs is 1. The van der Waals surface area contributed by atoms with Crippen molar-refractivity contribution in [3.63, 3.8) is 0 Å². The zero-order valence-corrected chi connectivity index (χ0v) is 21.6. The molecule has 2 saturated heterocycles. The monoisotopic (exact) mass is 507 g/mol. The number of ether oxygens (including phenoxy) is 6. The van der Waals surface area contributed by atoms with Gasteiger partial charge in [-0.25, -0.2) is 0 Å². The molecule has 1 unspecified atom stereocenters. The largest absolute Gasteiger partial charge is 0.480 e. The quantitative estimate of drug-likeness (QED) is 0.524. The molecule has 200 valence electrons. The van der Waals surface area contributed by atoms with Crippen LogP contribution in [-0.2, 0) is 38.0 Å². The van der Waals surface area contributed by atoms with E-state index in [1.165, 1.54) is 0 Å². The molecule has 2 heterocycles. The van der Waals surface area contributed by atoms with E-state index in [4.69, 9.17) is 28.4 Å². The Hall–Kier alpha value is -1.30. The van der Waals surface area contributed by atoms with Crippen molar-refractivity contribution in [3.8, 4) is 0 Å². The van der Waals surface area contributed by atoms with E-state index in [1.807, 2.05) is 6.92 Å². The fourth-order valence-electron chi connectivity index (χ4n) is 11.5. The molecule has 0 aromatic rings. The highest BCUT2D eigenvalue weighted by atomic mass is 16.7. The molecule has 5 aliphatic carbocycles. The number of aliphatic carboxylic acids is 1. The minimum atomic E-state index is -1.60. The van der Waals surface area contributed by atoms with Crippen molar-refractivity contribution in [1.29, 1.82) is 0 Å². The van der Waals surface area contributed by atoms with Gasteiger partial charge in [0.1, 0.15) is 18.0 Å². The molecule has 0 radical (unpaired) electrons. The molecular formula is C26H37NO9. The highest BCUT2D eigenvalue weighted by Crippen LogP contribution is 2.82. The zero-order chi connectivity index (χ0) is 25.4. The minimum absolute atomic E-state index is 0.00343. The van der Waals surface area contributed by atoms with Crippen molar-refractivity contribution in [2.75, 3.05) is 41.8 Å². The van der Waals surface area contributed by atoms with Gasteiger partial charge in [-0.1, -0.05) is 0 Å². The number of methoxy groups -OCH3 is 4. The molecule has 10 heteroatoms. The Labute approximate surface area is 210 Å². The minimum Gasteiger partial charge on any atom is -0.480 e. The van der Waals surface area contributed by atoms with Crippen LogP contribution in [0.3, 0.4) is 0 Å². The summed E-state index contributed by atoms with van der Waals surface area (Å²) >= 11 is 0. The van der Waals surface area contributed by atoms with Crippen LogP contribution in [0, 0.1) is 34.5 Å². The zero-order valence-electron chi connectivity index (χ0n) is 21.6. The maximum Gasteiger partial charge on any atom is 0.319 e. The van der Waals surface area contributed by atoms with Crippen LogP contribution in [-0.4, -0.2) is 105 Å². The molecule has 3 spiro atoms. The Morgan fingerprint density at radius 2 is 1.92 bits per heavy atom. The molecule has 2 aliphatic heterocycles. The summed E-state index contributed by atoms with van der Waals surface area (Å²) in [6, 6.07) is -0.425. The van der Waals surface area contributed by atoms with E-state index < -0.39 is 46.1 Å². The van der Waals surface area contributed by atoms with Gasteiger partial charge < -0.3 is 38.4 Å². The normalized spacial score (nSPS) is 57.8. The van der Waals surface area contributed by atoms with Gasteiger partial charge in [-0.3, -0.25) is 9.59 Å². The molecule has 10 nitrogen and oxygen atoms in total. The number of nitrogens with zero attached hydrogens (tertiary/aromatic N) is 1. The van der Waals surface area contributed by atoms with E-state index in [9.17, 15) is 14.7 Å². The fourth-order valence-corrected chi connectivity index (χ4v) is 11.5. The predicted molar refractivity (Wildman–Crippen MR) is 122 cm³/mol. The average Bonchev–Trinajstić information content (AvgIpc) is 3.46. The van der Waals surface area contributed by atoms with E-state index >= 15 is 0 Å². The summed E-state index contributed by atoms with van der Waals surface area (Å²) in [4.78, 5) is 29.4. The summed E-state index contributed by atoms with van der Waals surface area (Å²) in [6.45, 7) is 2.36. The third kappa shape index (κ3) is 1.98. The average molecular weight is 508 g/mol. The van der Waals surface area contributed by atoms with Gasteiger partial charge in [-0.2, -0.15) is 0 Å². The van der Waals surface area contributed by atoms with Gasteiger partial charge in [0.2, 0.25) is 5.91 Å². The number of amides is 1. The lowest BCUT2D eigenvalue weighted by Gasteiger charge is -2.68. The summed E-state index contributed by atoms with van der Waals surface area (Å²) < 4.78 is 38.4. The maximum atomic E-state index is 14.3. The summed E-state index contributed by atoms with van der Waals surface area (Å²) in [6.07, 6.45) is 0.967. The van der Waals surface area contributed by atoms with Gasteiger partial charge >= 0.3 is 5.97 Å². The Morgan fingerprint density at radius 1 is 1.14 bits per heavy atom. The van der Waals surface area contributed by atoms with Crippen LogP contribution in [0.4, 0.5) is 0 Å². The first-order chi connectivity index (χ1) is 17.3. The lowest BCUT2D eigenvalue weighted by Crippen LogP contribution is -2.82. The first kappa shape index (κ1) is 23.8. The predicted octanol–water partition coefficient (Wildman–Crippen LogP) is 0.910. The number of carboxylic acid groups (broad SMARTS) is 1. The Balaban J connectivity index is 1.61. The fraction of sp³-hybridized carbons (Fsp3) is 0.923. The summed E-state index contributed by atoms with van der Waals surface area (Å²) in [5.74, 6) is -1.89. The van der Waals surface area contributed by atoms with Crippen LogP contribution in [0.2, 0.25) is 0 Å².